The summed E-state index contributed by atoms with van der Waals surface area (Å²) in [4.78, 5) is 2.49. The van der Waals surface area contributed by atoms with E-state index in [9.17, 15) is 0 Å². The van der Waals surface area contributed by atoms with Gasteiger partial charge in [-0.1, -0.05) is 44.2 Å². The molecule has 0 bridgehead atoms. The van der Waals surface area contributed by atoms with E-state index in [1.54, 1.807) is 0 Å². The Kier molecular flexibility index (Phi) is 5.96. The van der Waals surface area contributed by atoms with Crippen molar-refractivity contribution in [3.05, 3.63) is 53.3 Å². The van der Waals surface area contributed by atoms with Crippen LogP contribution in [0.4, 0.5) is 0 Å². The maximum atomic E-state index is 4.07. The zero-order valence-corrected chi connectivity index (χ0v) is 13.3. The molecule has 21 heavy (non-hydrogen) atoms. The van der Waals surface area contributed by atoms with Crippen molar-refractivity contribution in [3.8, 4) is 0 Å². The van der Waals surface area contributed by atoms with Gasteiger partial charge in [-0.25, -0.2) is 0 Å². The zero-order valence-electron chi connectivity index (χ0n) is 13.3. The SMILES string of the molecule is CCN(CC)C(CNCc1cn[nH]c1C)c1ccccc1. The third-order valence-corrected chi connectivity index (χ3v) is 4.02. The molecule has 0 saturated carbocycles. The normalized spacial score (nSPS) is 12.8. The van der Waals surface area contributed by atoms with Gasteiger partial charge in [0, 0.05) is 30.4 Å². The molecular weight excluding hydrogens is 260 g/mol. The first-order valence-corrected chi connectivity index (χ1v) is 7.74. The average Bonchev–Trinajstić information content (AvgIpc) is 2.93. The first-order valence-electron chi connectivity index (χ1n) is 7.74. The molecule has 2 N–H and O–H groups in total. The maximum Gasteiger partial charge on any atom is 0.0535 e. The van der Waals surface area contributed by atoms with E-state index >= 15 is 0 Å². The molecule has 2 aromatic rings. The molecule has 4 nitrogen and oxygen atoms in total. The highest BCUT2D eigenvalue weighted by atomic mass is 15.2. The number of aromatic amines is 1. The molecule has 0 aliphatic rings. The van der Waals surface area contributed by atoms with E-state index in [2.05, 4.69) is 71.5 Å². The van der Waals surface area contributed by atoms with Crippen LogP contribution in [0.25, 0.3) is 0 Å². The minimum Gasteiger partial charge on any atom is -0.311 e. The van der Waals surface area contributed by atoms with Crippen molar-refractivity contribution in [2.45, 2.75) is 33.4 Å². The Morgan fingerprint density at radius 3 is 2.48 bits per heavy atom. The summed E-state index contributed by atoms with van der Waals surface area (Å²) in [6, 6.07) is 11.2. The maximum absolute atomic E-state index is 4.07. The molecule has 2 rings (SSSR count). The Labute approximate surface area is 127 Å². The van der Waals surface area contributed by atoms with Gasteiger partial charge in [-0.2, -0.15) is 5.10 Å². The van der Waals surface area contributed by atoms with Crippen LogP contribution in [-0.4, -0.2) is 34.7 Å². The first kappa shape index (κ1) is 15.7. The number of H-pyrrole nitrogens is 1. The first-order chi connectivity index (χ1) is 10.3. The van der Waals surface area contributed by atoms with Crippen molar-refractivity contribution in [1.29, 1.82) is 0 Å². The molecule has 0 radical (unpaired) electrons. The number of nitrogens with zero attached hydrogens (tertiary/aromatic N) is 2. The van der Waals surface area contributed by atoms with E-state index in [4.69, 9.17) is 0 Å². The summed E-state index contributed by atoms with van der Waals surface area (Å²) in [7, 11) is 0. The highest BCUT2D eigenvalue weighted by Gasteiger charge is 2.17. The summed E-state index contributed by atoms with van der Waals surface area (Å²) in [5.74, 6) is 0. The minimum atomic E-state index is 0.411. The molecule has 0 spiro atoms. The van der Waals surface area contributed by atoms with E-state index in [1.807, 2.05) is 6.20 Å². The van der Waals surface area contributed by atoms with Gasteiger partial charge >= 0.3 is 0 Å². The molecule has 0 saturated heterocycles. The smallest absolute Gasteiger partial charge is 0.0535 e. The van der Waals surface area contributed by atoms with Gasteiger partial charge in [-0.15, -0.1) is 0 Å². The van der Waals surface area contributed by atoms with Gasteiger partial charge in [0.1, 0.15) is 0 Å². The lowest BCUT2D eigenvalue weighted by atomic mass is 10.0. The number of aromatic nitrogens is 2. The van der Waals surface area contributed by atoms with Gasteiger partial charge < -0.3 is 5.32 Å². The average molecular weight is 286 g/mol. The van der Waals surface area contributed by atoms with Crippen molar-refractivity contribution < 1.29 is 0 Å². The van der Waals surface area contributed by atoms with Crippen LogP contribution >= 0.6 is 0 Å². The van der Waals surface area contributed by atoms with Crippen LogP contribution < -0.4 is 5.32 Å². The highest BCUT2D eigenvalue weighted by Crippen LogP contribution is 2.19. The molecule has 0 amide bonds. The molecule has 1 atom stereocenters. The Hall–Kier alpha value is -1.65. The van der Waals surface area contributed by atoms with Crippen LogP contribution in [0.2, 0.25) is 0 Å². The third kappa shape index (κ3) is 4.16. The molecule has 1 aromatic heterocycles. The second kappa shape index (κ2) is 7.96. The van der Waals surface area contributed by atoms with Crippen molar-refractivity contribution in [1.82, 2.24) is 20.4 Å². The molecule has 1 aromatic carbocycles. The monoisotopic (exact) mass is 286 g/mol. The lowest BCUT2D eigenvalue weighted by Crippen LogP contribution is -2.35. The Morgan fingerprint density at radius 1 is 1.19 bits per heavy atom. The number of aryl methyl sites for hydroxylation is 1. The largest absolute Gasteiger partial charge is 0.311 e. The van der Waals surface area contributed by atoms with Crippen molar-refractivity contribution in [3.63, 3.8) is 0 Å². The van der Waals surface area contributed by atoms with E-state index in [1.165, 1.54) is 11.1 Å². The lowest BCUT2D eigenvalue weighted by Gasteiger charge is -2.30. The molecule has 114 valence electrons. The van der Waals surface area contributed by atoms with Gasteiger partial charge in [-0.3, -0.25) is 10.00 Å². The van der Waals surface area contributed by atoms with Gasteiger partial charge in [0.05, 0.1) is 6.20 Å². The fourth-order valence-corrected chi connectivity index (χ4v) is 2.69. The number of hydrogen-bond acceptors (Lipinski definition) is 3. The minimum absolute atomic E-state index is 0.411. The van der Waals surface area contributed by atoms with E-state index in [0.29, 0.717) is 6.04 Å². The lowest BCUT2D eigenvalue weighted by molar-refractivity contribution is 0.213. The molecule has 0 aliphatic heterocycles. The quantitative estimate of drug-likeness (QED) is 0.784. The van der Waals surface area contributed by atoms with Crippen LogP contribution in [0.5, 0.6) is 0 Å². The number of hydrogen-bond donors (Lipinski definition) is 2. The highest BCUT2D eigenvalue weighted by molar-refractivity contribution is 5.20. The second-order valence-electron chi connectivity index (χ2n) is 5.30. The zero-order chi connectivity index (χ0) is 15.1. The fourth-order valence-electron chi connectivity index (χ4n) is 2.69. The van der Waals surface area contributed by atoms with E-state index in [-0.39, 0.29) is 0 Å². The summed E-state index contributed by atoms with van der Waals surface area (Å²) in [6.07, 6.45) is 1.90. The Morgan fingerprint density at radius 2 is 1.90 bits per heavy atom. The number of benzene rings is 1. The Bertz CT molecular complexity index is 517. The summed E-state index contributed by atoms with van der Waals surface area (Å²) in [5.41, 5.74) is 3.75. The molecule has 4 heteroatoms. The van der Waals surface area contributed by atoms with E-state index in [0.717, 1.165) is 31.9 Å². The predicted molar refractivity (Wildman–Crippen MR) is 87.1 cm³/mol. The second-order valence-corrected chi connectivity index (χ2v) is 5.30. The van der Waals surface area contributed by atoms with Gasteiger partial charge in [-0.05, 0) is 25.6 Å². The van der Waals surface area contributed by atoms with Crippen molar-refractivity contribution >= 4 is 0 Å². The van der Waals surface area contributed by atoms with E-state index < -0.39 is 0 Å². The number of rotatable bonds is 8. The molecule has 1 heterocycles. The van der Waals surface area contributed by atoms with Gasteiger partial charge in [0.25, 0.3) is 0 Å². The molecule has 0 fully saturated rings. The Balaban J connectivity index is 2.01. The summed E-state index contributed by atoms with van der Waals surface area (Å²) >= 11 is 0. The third-order valence-electron chi connectivity index (χ3n) is 4.02. The van der Waals surface area contributed by atoms with Crippen LogP contribution in [0.3, 0.4) is 0 Å². The molecule has 1 unspecified atom stereocenters. The van der Waals surface area contributed by atoms with Crippen LogP contribution in [0.1, 0.15) is 36.7 Å². The van der Waals surface area contributed by atoms with Gasteiger partial charge in [0.15, 0.2) is 0 Å². The summed E-state index contributed by atoms with van der Waals surface area (Å²) in [6.45, 7) is 10.4. The van der Waals surface area contributed by atoms with Crippen LogP contribution in [0, 0.1) is 6.92 Å². The molecule has 0 aliphatic carbocycles. The van der Waals surface area contributed by atoms with Crippen molar-refractivity contribution in [2.24, 2.45) is 0 Å². The van der Waals surface area contributed by atoms with Crippen LogP contribution in [0.15, 0.2) is 36.5 Å². The fraction of sp³-hybridized carbons (Fsp3) is 0.471. The van der Waals surface area contributed by atoms with Crippen LogP contribution in [-0.2, 0) is 6.54 Å². The topological polar surface area (TPSA) is 44.0 Å². The number of nitrogens with one attached hydrogen (secondary N) is 2. The summed E-state index contributed by atoms with van der Waals surface area (Å²) < 4.78 is 0. The van der Waals surface area contributed by atoms with Gasteiger partial charge in [0.2, 0.25) is 0 Å². The molecular formula is C17H26N4. The van der Waals surface area contributed by atoms with Crippen molar-refractivity contribution in [2.75, 3.05) is 19.6 Å². The number of likely N-dealkylation sites (N-methyl/N-ethyl adjacent to an activating group) is 1. The summed E-state index contributed by atoms with van der Waals surface area (Å²) in [5, 5.41) is 10.6. The predicted octanol–water partition coefficient (Wildman–Crippen LogP) is 2.89. The standard InChI is InChI=1S/C17H26N4/c1-4-21(5-2)17(15-9-7-6-8-10-15)13-18-11-16-12-19-20-14(16)3/h6-10,12,17-18H,4-5,11,13H2,1-3H3,(H,19,20).